The summed E-state index contributed by atoms with van der Waals surface area (Å²) in [6.07, 6.45) is 0. The van der Waals surface area contributed by atoms with Crippen LogP contribution in [0.25, 0.3) is 0 Å². The van der Waals surface area contributed by atoms with Crippen molar-refractivity contribution in [1.82, 2.24) is 0 Å². The van der Waals surface area contributed by atoms with Crippen LogP contribution in [0, 0.1) is 11.3 Å². The van der Waals surface area contributed by atoms with E-state index in [0.29, 0.717) is 22.6 Å². The number of benzene rings is 2. The van der Waals surface area contributed by atoms with Crippen LogP contribution in [0.4, 0.5) is 0 Å². The highest BCUT2D eigenvalue weighted by atomic mass is 16.5. The van der Waals surface area contributed by atoms with Crippen LogP contribution in [0.15, 0.2) is 48.5 Å². The van der Waals surface area contributed by atoms with E-state index in [1.54, 1.807) is 48.5 Å². The summed E-state index contributed by atoms with van der Waals surface area (Å²) in [5.74, 6) is 1.51. The van der Waals surface area contributed by atoms with Gasteiger partial charge in [-0.25, -0.2) is 0 Å². The fraction of sp³-hybridized carbons (Fsp3) is 0.333. The van der Waals surface area contributed by atoms with E-state index in [1.807, 2.05) is 34.6 Å². The van der Waals surface area contributed by atoms with Crippen LogP contribution in [0.1, 0.15) is 55.3 Å². The van der Waals surface area contributed by atoms with Gasteiger partial charge in [-0.1, -0.05) is 34.6 Å². The van der Waals surface area contributed by atoms with Crippen molar-refractivity contribution in [2.45, 2.75) is 34.6 Å². The minimum atomic E-state index is -0.402. The zero-order chi connectivity index (χ0) is 17.9. The molecule has 126 valence electrons. The van der Waals surface area contributed by atoms with Gasteiger partial charge in [-0.15, -0.1) is 0 Å². The molecule has 2 rings (SSSR count). The molecule has 0 radical (unpaired) electrons. The van der Waals surface area contributed by atoms with E-state index in [2.05, 4.69) is 0 Å². The van der Waals surface area contributed by atoms with Crippen LogP contribution >= 0.6 is 0 Å². The number of ketones is 2. The first-order valence-corrected chi connectivity index (χ1v) is 8.15. The normalized spacial score (nSPS) is 11.4. The number of carbonyl (C=O) groups is 2. The quantitative estimate of drug-likeness (QED) is 0.678. The van der Waals surface area contributed by atoms with E-state index in [0.717, 1.165) is 0 Å². The van der Waals surface area contributed by atoms with Crippen molar-refractivity contribution in [2.24, 2.45) is 11.3 Å². The van der Waals surface area contributed by atoms with Gasteiger partial charge in [0.1, 0.15) is 11.5 Å². The second-order valence-corrected chi connectivity index (χ2v) is 7.25. The zero-order valence-electron chi connectivity index (χ0n) is 14.9. The Kier molecular flexibility index (Phi) is 5.23. The fourth-order valence-electron chi connectivity index (χ4n) is 2.26. The van der Waals surface area contributed by atoms with Crippen molar-refractivity contribution in [3.63, 3.8) is 0 Å². The first-order chi connectivity index (χ1) is 11.2. The summed E-state index contributed by atoms with van der Waals surface area (Å²) < 4.78 is 5.77. The summed E-state index contributed by atoms with van der Waals surface area (Å²) in [6, 6.07) is 14.2. The third kappa shape index (κ3) is 4.31. The Hall–Kier alpha value is -2.42. The minimum Gasteiger partial charge on any atom is -0.457 e. The predicted molar refractivity (Wildman–Crippen MR) is 95.9 cm³/mol. The van der Waals surface area contributed by atoms with Crippen molar-refractivity contribution in [1.29, 1.82) is 0 Å². The van der Waals surface area contributed by atoms with Crippen LogP contribution in [-0.2, 0) is 0 Å². The highest BCUT2D eigenvalue weighted by Gasteiger charge is 2.22. The molecular weight excluding hydrogens is 300 g/mol. The van der Waals surface area contributed by atoms with Gasteiger partial charge in [0.25, 0.3) is 0 Å². The SMILES string of the molecule is CC(C)C(=O)c1ccc(Oc2ccc(C(=O)C(C)(C)C)cc2)cc1. The molecule has 2 aromatic rings. The van der Waals surface area contributed by atoms with Gasteiger partial charge >= 0.3 is 0 Å². The second kappa shape index (κ2) is 7.00. The Bertz CT molecular complexity index is 717. The Balaban J connectivity index is 2.09. The van der Waals surface area contributed by atoms with Gasteiger partial charge in [-0.3, -0.25) is 9.59 Å². The molecule has 3 nitrogen and oxygen atoms in total. The fourth-order valence-corrected chi connectivity index (χ4v) is 2.26. The van der Waals surface area contributed by atoms with Crippen molar-refractivity contribution in [2.75, 3.05) is 0 Å². The Morgan fingerprint density at radius 1 is 0.792 bits per heavy atom. The summed E-state index contributed by atoms with van der Waals surface area (Å²) in [7, 11) is 0. The largest absolute Gasteiger partial charge is 0.457 e. The third-order valence-electron chi connectivity index (χ3n) is 3.70. The summed E-state index contributed by atoms with van der Waals surface area (Å²) >= 11 is 0. The second-order valence-electron chi connectivity index (χ2n) is 7.25. The zero-order valence-corrected chi connectivity index (χ0v) is 14.9. The lowest BCUT2D eigenvalue weighted by molar-refractivity contribution is 0.0858. The standard InChI is InChI=1S/C21H24O3/c1-14(2)19(22)15-6-10-17(11-7-15)24-18-12-8-16(9-13-18)20(23)21(3,4)5/h6-14H,1-5H3. The number of Topliss-reactive ketones (excluding diaryl/α,β-unsaturated/α-hetero) is 2. The number of carbonyl (C=O) groups excluding carboxylic acids is 2. The molecule has 0 unspecified atom stereocenters. The van der Waals surface area contributed by atoms with Gasteiger partial charge in [-0.05, 0) is 48.5 Å². The van der Waals surface area contributed by atoms with Crippen LogP contribution in [0.2, 0.25) is 0 Å². The van der Waals surface area contributed by atoms with Crippen molar-refractivity contribution >= 4 is 11.6 Å². The Morgan fingerprint density at radius 3 is 1.58 bits per heavy atom. The van der Waals surface area contributed by atoms with Gasteiger partial charge in [0, 0.05) is 22.5 Å². The summed E-state index contributed by atoms with van der Waals surface area (Å²) in [5, 5.41) is 0. The number of ether oxygens (including phenoxy) is 1. The van der Waals surface area contributed by atoms with Gasteiger partial charge in [0.15, 0.2) is 11.6 Å². The molecule has 0 amide bonds. The molecule has 0 spiro atoms. The molecule has 2 aromatic carbocycles. The highest BCUT2D eigenvalue weighted by molar-refractivity contribution is 5.99. The third-order valence-corrected chi connectivity index (χ3v) is 3.70. The molecule has 0 atom stereocenters. The molecular formula is C21H24O3. The van der Waals surface area contributed by atoms with E-state index >= 15 is 0 Å². The molecule has 0 aliphatic carbocycles. The Labute approximate surface area is 143 Å². The topological polar surface area (TPSA) is 43.4 Å². The number of hydrogen-bond acceptors (Lipinski definition) is 3. The molecule has 0 saturated carbocycles. The van der Waals surface area contributed by atoms with E-state index in [9.17, 15) is 9.59 Å². The van der Waals surface area contributed by atoms with Gasteiger partial charge in [0.2, 0.25) is 0 Å². The lowest BCUT2D eigenvalue weighted by Gasteiger charge is -2.16. The van der Waals surface area contributed by atoms with Crippen LogP contribution < -0.4 is 4.74 Å². The van der Waals surface area contributed by atoms with Crippen molar-refractivity contribution in [3.05, 3.63) is 59.7 Å². The molecule has 0 fully saturated rings. The molecule has 24 heavy (non-hydrogen) atoms. The monoisotopic (exact) mass is 324 g/mol. The molecule has 0 bridgehead atoms. The average Bonchev–Trinajstić information content (AvgIpc) is 2.54. The summed E-state index contributed by atoms with van der Waals surface area (Å²) in [6.45, 7) is 9.47. The maximum atomic E-state index is 12.2. The first kappa shape index (κ1) is 17.9. The highest BCUT2D eigenvalue weighted by Crippen LogP contribution is 2.25. The molecule has 0 heterocycles. The molecule has 3 heteroatoms. The minimum absolute atomic E-state index is 0.0235. The van der Waals surface area contributed by atoms with Crippen LogP contribution in [-0.4, -0.2) is 11.6 Å². The Morgan fingerprint density at radius 2 is 1.21 bits per heavy atom. The molecule has 0 saturated heterocycles. The maximum Gasteiger partial charge on any atom is 0.168 e. The van der Waals surface area contributed by atoms with E-state index in [1.165, 1.54) is 0 Å². The van der Waals surface area contributed by atoms with E-state index in [-0.39, 0.29) is 17.5 Å². The smallest absolute Gasteiger partial charge is 0.168 e. The van der Waals surface area contributed by atoms with Crippen LogP contribution in [0.5, 0.6) is 11.5 Å². The molecule has 0 aromatic heterocycles. The molecule has 0 aliphatic rings. The average molecular weight is 324 g/mol. The summed E-state index contributed by atoms with van der Waals surface area (Å²) in [5.41, 5.74) is 0.956. The van der Waals surface area contributed by atoms with Gasteiger partial charge < -0.3 is 4.74 Å². The predicted octanol–water partition coefficient (Wildman–Crippen LogP) is 5.55. The molecule has 0 N–H and O–H groups in total. The number of hydrogen-bond donors (Lipinski definition) is 0. The van der Waals surface area contributed by atoms with Gasteiger partial charge in [0.05, 0.1) is 0 Å². The van der Waals surface area contributed by atoms with E-state index < -0.39 is 5.41 Å². The summed E-state index contributed by atoms with van der Waals surface area (Å²) in [4.78, 5) is 24.1. The van der Waals surface area contributed by atoms with Crippen LogP contribution in [0.3, 0.4) is 0 Å². The number of rotatable bonds is 5. The van der Waals surface area contributed by atoms with Crippen molar-refractivity contribution < 1.29 is 14.3 Å². The molecule has 0 aliphatic heterocycles. The lowest BCUT2D eigenvalue weighted by Crippen LogP contribution is -2.19. The maximum absolute atomic E-state index is 12.2. The van der Waals surface area contributed by atoms with E-state index in [4.69, 9.17) is 4.74 Å². The first-order valence-electron chi connectivity index (χ1n) is 8.15. The van der Waals surface area contributed by atoms with Crippen molar-refractivity contribution in [3.8, 4) is 11.5 Å². The lowest BCUT2D eigenvalue weighted by atomic mass is 9.86. The van der Waals surface area contributed by atoms with Gasteiger partial charge in [-0.2, -0.15) is 0 Å².